The highest BCUT2D eigenvalue weighted by atomic mass is 19.3. The number of hydrogen-bond donors (Lipinski definition) is 2. The molecule has 1 aromatic carbocycles. The first-order valence-corrected chi connectivity index (χ1v) is 11.2. The summed E-state index contributed by atoms with van der Waals surface area (Å²) in [6, 6.07) is 8.01. The summed E-state index contributed by atoms with van der Waals surface area (Å²) in [5.74, 6) is -1.71. The third kappa shape index (κ3) is 4.01. The first-order chi connectivity index (χ1) is 15.3. The number of nitrogens with zero attached hydrogens (tertiary/aromatic N) is 4. The van der Waals surface area contributed by atoms with Crippen molar-refractivity contribution in [2.75, 3.05) is 36.9 Å². The Morgan fingerprint density at radius 2 is 1.94 bits per heavy atom. The van der Waals surface area contributed by atoms with Gasteiger partial charge in [0.05, 0.1) is 0 Å². The molecule has 5 rings (SSSR count). The van der Waals surface area contributed by atoms with Gasteiger partial charge in [-0.1, -0.05) is 0 Å². The summed E-state index contributed by atoms with van der Waals surface area (Å²) >= 11 is 0. The van der Waals surface area contributed by atoms with E-state index >= 15 is 0 Å². The first kappa shape index (κ1) is 21.1. The predicted molar refractivity (Wildman–Crippen MR) is 119 cm³/mol. The number of piperazine rings is 1. The largest absolute Gasteiger partial charge is 0.355 e. The number of amides is 1. The second-order valence-electron chi connectivity index (χ2n) is 9.12. The molecule has 2 N–H and O–H groups in total. The molecule has 1 aromatic heterocycles. The molecule has 2 aromatic rings. The van der Waals surface area contributed by atoms with E-state index in [9.17, 15) is 13.6 Å². The van der Waals surface area contributed by atoms with Gasteiger partial charge in [0.2, 0.25) is 5.95 Å². The zero-order chi connectivity index (χ0) is 22.5. The number of alkyl halides is 2. The highest BCUT2D eigenvalue weighted by molar-refractivity contribution is 5.95. The fourth-order valence-electron chi connectivity index (χ4n) is 5.04. The van der Waals surface area contributed by atoms with Crippen molar-refractivity contribution in [1.29, 1.82) is 0 Å². The van der Waals surface area contributed by atoms with Gasteiger partial charge in [0.1, 0.15) is 5.82 Å². The van der Waals surface area contributed by atoms with Crippen molar-refractivity contribution in [1.82, 2.24) is 20.2 Å². The zero-order valence-electron chi connectivity index (χ0n) is 18.3. The van der Waals surface area contributed by atoms with Crippen LogP contribution in [0.2, 0.25) is 0 Å². The Balaban J connectivity index is 1.26. The van der Waals surface area contributed by atoms with Gasteiger partial charge in [-0.05, 0) is 49.6 Å². The van der Waals surface area contributed by atoms with Crippen LogP contribution >= 0.6 is 0 Å². The number of anilines is 3. The van der Waals surface area contributed by atoms with Crippen LogP contribution in [-0.4, -0.2) is 65.5 Å². The number of halogens is 2. The summed E-state index contributed by atoms with van der Waals surface area (Å²) in [4.78, 5) is 25.5. The highest BCUT2D eigenvalue weighted by Crippen LogP contribution is 2.50. The van der Waals surface area contributed by atoms with E-state index in [1.165, 1.54) is 0 Å². The second-order valence-corrected chi connectivity index (χ2v) is 9.12. The van der Waals surface area contributed by atoms with E-state index < -0.39 is 11.8 Å². The summed E-state index contributed by atoms with van der Waals surface area (Å²) in [6.07, 6.45) is 3.87. The molecule has 170 valence electrons. The van der Waals surface area contributed by atoms with Crippen molar-refractivity contribution in [3.63, 3.8) is 0 Å². The molecule has 0 radical (unpaired) electrons. The van der Waals surface area contributed by atoms with Crippen LogP contribution in [-0.2, 0) is 0 Å². The number of hydrogen-bond acceptors (Lipinski definition) is 6. The number of nitrogens with one attached hydrogen (secondary N) is 2. The first-order valence-electron chi connectivity index (χ1n) is 11.2. The quantitative estimate of drug-likeness (QED) is 0.716. The molecule has 3 fully saturated rings. The van der Waals surface area contributed by atoms with Crippen molar-refractivity contribution in [3.8, 4) is 0 Å². The monoisotopic (exact) mass is 442 g/mol. The van der Waals surface area contributed by atoms with Gasteiger partial charge in [0, 0.05) is 68.6 Å². The molecule has 32 heavy (non-hydrogen) atoms. The minimum absolute atomic E-state index is 0.0389. The minimum Gasteiger partial charge on any atom is -0.355 e. The molecule has 2 aliphatic heterocycles. The Morgan fingerprint density at radius 3 is 2.56 bits per heavy atom. The molecule has 7 nitrogen and oxygen atoms in total. The molecule has 1 unspecified atom stereocenters. The summed E-state index contributed by atoms with van der Waals surface area (Å²) in [5.41, 5.74) is 2.30. The van der Waals surface area contributed by atoms with Gasteiger partial charge >= 0.3 is 0 Å². The summed E-state index contributed by atoms with van der Waals surface area (Å²) < 4.78 is 26.8. The normalized spacial score (nSPS) is 26.1. The van der Waals surface area contributed by atoms with Gasteiger partial charge in [-0.15, -0.1) is 0 Å². The molecule has 1 aliphatic carbocycles. The van der Waals surface area contributed by atoms with Crippen LogP contribution in [0.4, 0.5) is 26.2 Å². The lowest BCUT2D eigenvalue weighted by atomic mass is 10.1. The van der Waals surface area contributed by atoms with Crippen LogP contribution in [0.5, 0.6) is 0 Å². The lowest BCUT2D eigenvalue weighted by Gasteiger charge is -2.41. The van der Waals surface area contributed by atoms with Gasteiger partial charge in [0.15, 0.2) is 0 Å². The molecule has 3 aliphatic rings. The number of carbonyl (C=O) groups excluding carboxylic acids is 1. The Kier molecular flexibility index (Phi) is 5.23. The van der Waals surface area contributed by atoms with Crippen LogP contribution in [0.15, 0.2) is 30.5 Å². The summed E-state index contributed by atoms with van der Waals surface area (Å²) in [7, 11) is 1.61. The average molecular weight is 443 g/mol. The van der Waals surface area contributed by atoms with E-state index in [0.717, 1.165) is 43.0 Å². The molecule has 2 saturated heterocycles. The molecular formula is C23H28F2N6O. The Morgan fingerprint density at radius 1 is 1.22 bits per heavy atom. The fourth-order valence-corrected chi connectivity index (χ4v) is 5.04. The number of fused-ring (bicyclic) bond motifs is 2. The van der Waals surface area contributed by atoms with Crippen molar-refractivity contribution in [2.24, 2.45) is 5.92 Å². The predicted octanol–water partition coefficient (Wildman–Crippen LogP) is 3.20. The van der Waals surface area contributed by atoms with Crippen molar-refractivity contribution < 1.29 is 13.6 Å². The van der Waals surface area contributed by atoms with Crippen molar-refractivity contribution in [2.45, 2.75) is 44.2 Å². The molecule has 9 heteroatoms. The lowest BCUT2D eigenvalue weighted by Crippen LogP contribution is -2.54. The Labute approximate surface area is 186 Å². The summed E-state index contributed by atoms with van der Waals surface area (Å²) in [6.45, 7) is 3.99. The van der Waals surface area contributed by atoms with Crippen LogP contribution in [0.1, 0.15) is 35.2 Å². The van der Waals surface area contributed by atoms with Crippen LogP contribution < -0.4 is 15.5 Å². The van der Waals surface area contributed by atoms with Crippen LogP contribution in [0.3, 0.4) is 0 Å². The zero-order valence-corrected chi connectivity index (χ0v) is 18.3. The SMILES string of the molecule is CNC(=O)c1ccc(Nc2nccc(N3C[C@H]4CC[C@@H](C3)N4CC3CC3(F)F)n2)cc1C. The number of aromatic nitrogens is 2. The van der Waals surface area contributed by atoms with E-state index in [4.69, 9.17) is 4.98 Å². The minimum atomic E-state index is -2.46. The molecular weight excluding hydrogens is 414 g/mol. The lowest BCUT2D eigenvalue weighted by molar-refractivity contribution is 0.0750. The smallest absolute Gasteiger partial charge is 0.252 e. The topological polar surface area (TPSA) is 73.4 Å². The van der Waals surface area contributed by atoms with Crippen LogP contribution in [0, 0.1) is 12.8 Å². The molecule has 2 bridgehead atoms. The third-order valence-electron chi connectivity index (χ3n) is 6.94. The van der Waals surface area contributed by atoms with E-state index in [2.05, 4.69) is 25.4 Å². The average Bonchev–Trinajstić information content (AvgIpc) is 3.31. The second kappa shape index (κ2) is 7.95. The number of rotatable bonds is 6. The molecule has 0 spiro atoms. The van der Waals surface area contributed by atoms with Gasteiger partial charge in [-0.25, -0.2) is 13.8 Å². The molecule has 3 heterocycles. The van der Waals surface area contributed by atoms with E-state index in [1.54, 1.807) is 19.3 Å². The third-order valence-corrected chi connectivity index (χ3v) is 6.94. The van der Waals surface area contributed by atoms with Crippen molar-refractivity contribution >= 4 is 23.4 Å². The van der Waals surface area contributed by atoms with E-state index in [0.29, 0.717) is 30.1 Å². The summed E-state index contributed by atoms with van der Waals surface area (Å²) in [5, 5.41) is 5.86. The van der Waals surface area contributed by atoms with Crippen molar-refractivity contribution in [3.05, 3.63) is 41.6 Å². The van der Waals surface area contributed by atoms with E-state index in [-0.39, 0.29) is 12.3 Å². The van der Waals surface area contributed by atoms with Gasteiger partial charge in [-0.2, -0.15) is 4.98 Å². The van der Waals surface area contributed by atoms with Gasteiger partial charge in [-0.3, -0.25) is 9.69 Å². The number of benzene rings is 1. The Bertz CT molecular complexity index is 1020. The number of aryl methyl sites for hydroxylation is 1. The maximum absolute atomic E-state index is 13.4. The number of carbonyl (C=O) groups is 1. The fraction of sp³-hybridized carbons (Fsp3) is 0.522. The maximum atomic E-state index is 13.4. The Hall–Kier alpha value is -2.81. The molecule has 3 atom stereocenters. The van der Waals surface area contributed by atoms with Gasteiger partial charge < -0.3 is 15.5 Å². The molecule has 1 amide bonds. The molecule has 1 saturated carbocycles. The van der Waals surface area contributed by atoms with Crippen LogP contribution in [0.25, 0.3) is 0 Å². The maximum Gasteiger partial charge on any atom is 0.252 e. The highest BCUT2D eigenvalue weighted by Gasteiger charge is 2.58. The van der Waals surface area contributed by atoms with E-state index in [1.807, 2.05) is 25.1 Å². The standard InChI is InChI=1S/C23H28F2N6O/c1-14-9-16(3-6-19(14)21(32)26-2)28-22-27-8-7-20(29-22)30-12-17-4-5-18(13-30)31(17)11-15-10-23(15,24)25/h3,6-9,15,17-18H,4-5,10-13H2,1-2H3,(H,26,32)(H,27,28,29)/t15?,17-,18+. The van der Waals surface area contributed by atoms with Gasteiger partial charge in [0.25, 0.3) is 11.8 Å².